The van der Waals surface area contributed by atoms with Crippen molar-refractivity contribution in [2.24, 2.45) is 0 Å². The van der Waals surface area contributed by atoms with Crippen LogP contribution in [-0.4, -0.2) is 4.57 Å². The Morgan fingerprint density at radius 3 is 2.35 bits per heavy atom. The van der Waals surface area contributed by atoms with Crippen molar-refractivity contribution < 1.29 is 0 Å². The maximum Gasteiger partial charge on any atom is 0.0473 e. The van der Waals surface area contributed by atoms with Gasteiger partial charge in [0.1, 0.15) is 0 Å². The molecule has 2 aromatic rings. The highest BCUT2D eigenvalue weighted by Gasteiger charge is 2.21. The van der Waals surface area contributed by atoms with Gasteiger partial charge in [-0.05, 0) is 24.1 Å². The van der Waals surface area contributed by atoms with Crippen LogP contribution in [0.5, 0.6) is 0 Å². The smallest absolute Gasteiger partial charge is 0.0473 e. The minimum atomic E-state index is 0.248. The van der Waals surface area contributed by atoms with Gasteiger partial charge >= 0.3 is 0 Å². The van der Waals surface area contributed by atoms with Crippen LogP contribution in [0.3, 0.4) is 0 Å². The first kappa shape index (κ1) is 12.0. The minimum Gasteiger partial charge on any atom is -0.347 e. The molecule has 0 aliphatic carbocycles. The molecule has 0 saturated carbocycles. The number of benzene rings is 1. The molecular weight excluding hydrogens is 206 g/mol. The van der Waals surface area contributed by atoms with E-state index in [1.165, 1.54) is 11.3 Å². The lowest BCUT2D eigenvalue weighted by molar-refractivity contribution is 0.466. The van der Waals surface area contributed by atoms with Crippen molar-refractivity contribution in [3.63, 3.8) is 0 Å². The van der Waals surface area contributed by atoms with Gasteiger partial charge in [0.2, 0.25) is 0 Å². The molecule has 0 aliphatic rings. The summed E-state index contributed by atoms with van der Waals surface area (Å²) < 4.78 is 2.36. The Hall–Kier alpha value is -1.50. The molecule has 0 unspecified atom stereocenters. The Labute approximate surface area is 104 Å². The average Bonchev–Trinajstić information content (AvgIpc) is 2.79. The van der Waals surface area contributed by atoms with Gasteiger partial charge in [-0.3, -0.25) is 0 Å². The summed E-state index contributed by atoms with van der Waals surface area (Å²) in [6, 6.07) is 15.0. The molecule has 0 N–H and O–H groups in total. The molecule has 1 aromatic carbocycles. The molecule has 1 heterocycles. The number of aromatic nitrogens is 1. The Morgan fingerprint density at radius 1 is 1.00 bits per heavy atom. The lowest BCUT2D eigenvalue weighted by atomic mass is 9.86. The van der Waals surface area contributed by atoms with Crippen molar-refractivity contribution in [2.45, 2.75) is 39.2 Å². The zero-order chi connectivity index (χ0) is 12.3. The van der Waals surface area contributed by atoms with E-state index in [4.69, 9.17) is 0 Å². The third-order valence-corrected chi connectivity index (χ3v) is 3.60. The summed E-state index contributed by atoms with van der Waals surface area (Å²) in [4.78, 5) is 0. The van der Waals surface area contributed by atoms with Crippen LogP contribution in [0.2, 0.25) is 0 Å². The molecular formula is C16H21N. The maximum atomic E-state index is 2.36. The summed E-state index contributed by atoms with van der Waals surface area (Å²) in [6.07, 6.45) is 3.34. The molecule has 0 radical (unpaired) electrons. The molecule has 1 nitrogen and oxygen atoms in total. The third-order valence-electron chi connectivity index (χ3n) is 3.60. The van der Waals surface area contributed by atoms with E-state index in [2.05, 4.69) is 74.0 Å². The SMILES string of the molecule is CCC(C)(C)c1cccn1Cc1ccccc1. The fourth-order valence-electron chi connectivity index (χ4n) is 2.13. The fourth-order valence-corrected chi connectivity index (χ4v) is 2.13. The Morgan fingerprint density at radius 2 is 1.71 bits per heavy atom. The average molecular weight is 227 g/mol. The van der Waals surface area contributed by atoms with E-state index in [1.807, 2.05) is 0 Å². The quantitative estimate of drug-likeness (QED) is 0.737. The van der Waals surface area contributed by atoms with Gasteiger partial charge < -0.3 is 4.57 Å². The van der Waals surface area contributed by atoms with Crippen molar-refractivity contribution in [3.8, 4) is 0 Å². The van der Waals surface area contributed by atoms with Crippen LogP contribution in [0.15, 0.2) is 48.7 Å². The van der Waals surface area contributed by atoms with Gasteiger partial charge in [-0.1, -0.05) is 51.1 Å². The molecule has 0 saturated heterocycles. The summed E-state index contributed by atoms with van der Waals surface area (Å²) in [5.74, 6) is 0. The number of rotatable bonds is 4. The molecule has 17 heavy (non-hydrogen) atoms. The van der Waals surface area contributed by atoms with Gasteiger partial charge in [0.05, 0.1) is 0 Å². The highest BCUT2D eigenvalue weighted by Crippen LogP contribution is 2.27. The normalized spacial score (nSPS) is 11.7. The Bertz CT molecular complexity index is 465. The number of hydrogen-bond donors (Lipinski definition) is 0. The monoisotopic (exact) mass is 227 g/mol. The van der Waals surface area contributed by atoms with Crippen molar-refractivity contribution >= 4 is 0 Å². The van der Waals surface area contributed by atoms with E-state index in [9.17, 15) is 0 Å². The van der Waals surface area contributed by atoms with Crippen molar-refractivity contribution in [1.82, 2.24) is 4.57 Å². The van der Waals surface area contributed by atoms with Gasteiger partial charge in [0.15, 0.2) is 0 Å². The van der Waals surface area contributed by atoms with E-state index >= 15 is 0 Å². The van der Waals surface area contributed by atoms with Crippen LogP contribution in [0, 0.1) is 0 Å². The van der Waals surface area contributed by atoms with Crippen LogP contribution in [0.4, 0.5) is 0 Å². The molecule has 1 heteroatoms. The van der Waals surface area contributed by atoms with Crippen LogP contribution < -0.4 is 0 Å². The second-order valence-electron chi connectivity index (χ2n) is 5.24. The first-order chi connectivity index (χ1) is 8.13. The summed E-state index contributed by atoms with van der Waals surface area (Å²) >= 11 is 0. The van der Waals surface area contributed by atoms with Gasteiger partial charge in [0.25, 0.3) is 0 Å². The second kappa shape index (κ2) is 4.79. The van der Waals surface area contributed by atoms with E-state index in [0.29, 0.717) is 0 Å². The Kier molecular flexibility index (Phi) is 3.37. The van der Waals surface area contributed by atoms with Crippen molar-refractivity contribution in [1.29, 1.82) is 0 Å². The van der Waals surface area contributed by atoms with Crippen LogP contribution in [-0.2, 0) is 12.0 Å². The highest BCUT2D eigenvalue weighted by molar-refractivity contribution is 5.21. The first-order valence-corrected chi connectivity index (χ1v) is 6.33. The standard InChI is InChI=1S/C16H21N/c1-4-16(2,3)15-11-8-12-17(15)13-14-9-6-5-7-10-14/h5-12H,4,13H2,1-3H3. The highest BCUT2D eigenvalue weighted by atomic mass is 15.0. The van der Waals surface area contributed by atoms with Gasteiger partial charge in [0, 0.05) is 23.9 Å². The lowest BCUT2D eigenvalue weighted by Crippen LogP contribution is -2.20. The van der Waals surface area contributed by atoms with E-state index in [0.717, 1.165) is 13.0 Å². The van der Waals surface area contributed by atoms with Gasteiger partial charge in [-0.15, -0.1) is 0 Å². The molecule has 1 aromatic heterocycles. The minimum absolute atomic E-state index is 0.248. The van der Waals surface area contributed by atoms with Gasteiger partial charge in [-0.25, -0.2) is 0 Å². The number of hydrogen-bond acceptors (Lipinski definition) is 0. The summed E-state index contributed by atoms with van der Waals surface area (Å²) in [5.41, 5.74) is 3.03. The number of nitrogens with zero attached hydrogens (tertiary/aromatic N) is 1. The molecule has 0 spiro atoms. The molecule has 0 aliphatic heterocycles. The molecule has 2 rings (SSSR count). The fraction of sp³-hybridized carbons (Fsp3) is 0.375. The third kappa shape index (κ3) is 2.60. The van der Waals surface area contributed by atoms with E-state index in [-0.39, 0.29) is 5.41 Å². The summed E-state index contributed by atoms with van der Waals surface area (Å²) in [6.45, 7) is 7.83. The zero-order valence-electron chi connectivity index (χ0n) is 11.0. The topological polar surface area (TPSA) is 4.93 Å². The van der Waals surface area contributed by atoms with Crippen LogP contribution >= 0.6 is 0 Å². The van der Waals surface area contributed by atoms with Crippen LogP contribution in [0.1, 0.15) is 38.4 Å². The molecule has 90 valence electrons. The largest absolute Gasteiger partial charge is 0.347 e. The molecule has 0 amide bonds. The predicted molar refractivity (Wildman–Crippen MR) is 73.3 cm³/mol. The molecule has 0 bridgehead atoms. The van der Waals surface area contributed by atoms with Crippen molar-refractivity contribution in [2.75, 3.05) is 0 Å². The zero-order valence-corrected chi connectivity index (χ0v) is 11.0. The Balaban J connectivity index is 2.26. The van der Waals surface area contributed by atoms with E-state index < -0.39 is 0 Å². The predicted octanol–water partition coefficient (Wildman–Crippen LogP) is 4.22. The summed E-state index contributed by atoms with van der Waals surface area (Å²) in [5, 5.41) is 0. The summed E-state index contributed by atoms with van der Waals surface area (Å²) in [7, 11) is 0. The maximum absolute atomic E-state index is 2.36. The van der Waals surface area contributed by atoms with Crippen LogP contribution in [0.25, 0.3) is 0 Å². The van der Waals surface area contributed by atoms with Gasteiger partial charge in [-0.2, -0.15) is 0 Å². The molecule has 0 atom stereocenters. The first-order valence-electron chi connectivity index (χ1n) is 6.33. The van der Waals surface area contributed by atoms with Crippen molar-refractivity contribution in [3.05, 3.63) is 59.9 Å². The second-order valence-corrected chi connectivity index (χ2v) is 5.24. The molecule has 0 fully saturated rings. The van der Waals surface area contributed by atoms with E-state index in [1.54, 1.807) is 0 Å². The lowest BCUT2D eigenvalue weighted by Gasteiger charge is -2.25.